The number of carbonyl (C=O) groups is 3. The van der Waals surface area contributed by atoms with Crippen LogP contribution < -0.4 is 15.5 Å². The van der Waals surface area contributed by atoms with Gasteiger partial charge in [0.15, 0.2) is 0 Å². The predicted octanol–water partition coefficient (Wildman–Crippen LogP) is 6.21. The summed E-state index contributed by atoms with van der Waals surface area (Å²) >= 11 is 6.11. The summed E-state index contributed by atoms with van der Waals surface area (Å²) in [6, 6.07) is 16.5. The lowest BCUT2D eigenvalue weighted by Crippen LogP contribution is -2.47. The summed E-state index contributed by atoms with van der Waals surface area (Å²) in [7, 11) is 0. The zero-order chi connectivity index (χ0) is 27.6. The third kappa shape index (κ3) is 8.10. The number of benzene rings is 2. The highest BCUT2D eigenvalue weighted by molar-refractivity contribution is 6.30. The van der Waals surface area contributed by atoms with Gasteiger partial charge in [-0.1, -0.05) is 55.1 Å². The first-order valence-corrected chi connectivity index (χ1v) is 13.6. The molecule has 1 unspecified atom stereocenters. The molecule has 1 aliphatic carbocycles. The van der Waals surface area contributed by atoms with Crippen LogP contribution in [0.4, 0.5) is 15.9 Å². The zero-order valence-electron chi connectivity index (χ0n) is 21.6. The smallest absolute Gasteiger partial charge is 0.248 e. The summed E-state index contributed by atoms with van der Waals surface area (Å²) < 4.78 is 14.3. The Labute approximate surface area is 232 Å². The van der Waals surface area contributed by atoms with Gasteiger partial charge >= 0.3 is 0 Å². The average Bonchev–Trinajstić information content (AvgIpc) is 2.93. The van der Waals surface area contributed by atoms with Gasteiger partial charge in [-0.15, -0.1) is 0 Å². The Morgan fingerprint density at radius 1 is 0.974 bits per heavy atom. The van der Waals surface area contributed by atoms with Gasteiger partial charge in [-0.3, -0.25) is 19.3 Å². The quantitative estimate of drug-likeness (QED) is 0.314. The Hall–Kier alpha value is -3.78. The van der Waals surface area contributed by atoms with Crippen LogP contribution in [0.3, 0.4) is 0 Å². The van der Waals surface area contributed by atoms with Gasteiger partial charge in [0.25, 0.3) is 0 Å². The number of carbonyl (C=O) groups excluding carboxylic acids is 3. The summed E-state index contributed by atoms with van der Waals surface area (Å²) in [5.74, 6) is -1.11. The van der Waals surface area contributed by atoms with Crippen molar-refractivity contribution in [3.63, 3.8) is 0 Å². The second-order valence-electron chi connectivity index (χ2n) is 9.66. The molecular formula is C30H32ClFN4O3. The molecule has 1 aromatic heterocycles. The van der Waals surface area contributed by atoms with Gasteiger partial charge in [-0.05, 0) is 67.3 Å². The van der Waals surface area contributed by atoms with Crippen molar-refractivity contribution in [2.24, 2.45) is 0 Å². The normalized spacial score (nSPS) is 14.3. The average molecular weight is 551 g/mol. The fraction of sp³-hybridized carbons (Fsp3) is 0.333. The maximum atomic E-state index is 14.3. The van der Waals surface area contributed by atoms with Gasteiger partial charge in [0.2, 0.25) is 17.7 Å². The Morgan fingerprint density at radius 2 is 1.74 bits per heavy atom. The highest BCUT2D eigenvalue weighted by Crippen LogP contribution is 2.31. The van der Waals surface area contributed by atoms with Crippen molar-refractivity contribution in [3.8, 4) is 0 Å². The molecule has 2 N–H and O–H groups in total. The minimum Gasteiger partial charge on any atom is -0.351 e. The van der Waals surface area contributed by atoms with Crippen molar-refractivity contribution in [1.29, 1.82) is 0 Å². The Balaban J connectivity index is 1.57. The number of halogens is 2. The van der Waals surface area contributed by atoms with Crippen molar-refractivity contribution < 1.29 is 18.8 Å². The summed E-state index contributed by atoms with van der Waals surface area (Å²) in [4.78, 5) is 45.3. The van der Waals surface area contributed by atoms with E-state index in [4.69, 9.17) is 11.6 Å². The molecule has 0 saturated heterocycles. The van der Waals surface area contributed by atoms with Crippen LogP contribution in [-0.4, -0.2) is 28.7 Å². The van der Waals surface area contributed by atoms with Crippen LogP contribution in [0.25, 0.3) is 0 Å². The number of hydrogen-bond acceptors (Lipinski definition) is 4. The molecule has 1 heterocycles. The molecule has 4 rings (SSSR count). The molecular weight excluding hydrogens is 519 g/mol. The Kier molecular flexibility index (Phi) is 10.0. The Morgan fingerprint density at radius 3 is 2.44 bits per heavy atom. The van der Waals surface area contributed by atoms with Crippen LogP contribution >= 0.6 is 11.6 Å². The lowest BCUT2D eigenvalue weighted by Gasteiger charge is -2.33. The topological polar surface area (TPSA) is 91.4 Å². The SMILES string of the molecule is O=C(CCCC(=O)N(c1cccc(F)c1)C(C(=O)NC1CCCCC1)c1ccc(Cl)cc1)Nc1ccccn1. The molecule has 0 aliphatic heterocycles. The molecule has 0 spiro atoms. The van der Waals surface area contributed by atoms with Gasteiger partial charge in [0, 0.05) is 35.8 Å². The van der Waals surface area contributed by atoms with Crippen LogP contribution in [0.1, 0.15) is 63.0 Å². The molecule has 0 bridgehead atoms. The van der Waals surface area contributed by atoms with Gasteiger partial charge in [0.05, 0.1) is 0 Å². The zero-order valence-corrected chi connectivity index (χ0v) is 22.4. The summed E-state index contributed by atoms with van der Waals surface area (Å²) in [5.41, 5.74) is 0.815. The molecule has 39 heavy (non-hydrogen) atoms. The van der Waals surface area contributed by atoms with Crippen molar-refractivity contribution in [1.82, 2.24) is 10.3 Å². The van der Waals surface area contributed by atoms with E-state index in [2.05, 4.69) is 15.6 Å². The molecule has 3 amide bonds. The molecule has 9 heteroatoms. The van der Waals surface area contributed by atoms with E-state index in [9.17, 15) is 18.8 Å². The maximum Gasteiger partial charge on any atom is 0.248 e. The van der Waals surface area contributed by atoms with Crippen LogP contribution in [-0.2, 0) is 14.4 Å². The summed E-state index contributed by atoms with van der Waals surface area (Å²) in [6.07, 6.45) is 6.82. The maximum absolute atomic E-state index is 14.3. The molecule has 3 aromatic rings. The lowest BCUT2D eigenvalue weighted by atomic mass is 9.94. The van der Waals surface area contributed by atoms with Crippen LogP contribution in [0.2, 0.25) is 5.02 Å². The van der Waals surface area contributed by atoms with Crippen molar-refractivity contribution in [2.75, 3.05) is 10.2 Å². The lowest BCUT2D eigenvalue weighted by molar-refractivity contribution is -0.127. The van der Waals surface area contributed by atoms with E-state index in [1.807, 2.05) is 0 Å². The molecule has 204 valence electrons. The second kappa shape index (κ2) is 13.8. The highest BCUT2D eigenvalue weighted by atomic mass is 35.5. The summed E-state index contributed by atoms with van der Waals surface area (Å²) in [6.45, 7) is 0. The molecule has 1 fully saturated rings. The minimum atomic E-state index is -1.04. The summed E-state index contributed by atoms with van der Waals surface area (Å²) in [5, 5.41) is 6.32. The van der Waals surface area contributed by atoms with Crippen LogP contribution in [0, 0.1) is 5.82 Å². The second-order valence-corrected chi connectivity index (χ2v) is 10.1. The predicted molar refractivity (Wildman–Crippen MR) is 150 cm³/mol. The minimum absolute atomic E-state index is 0.0146. The molecule has 1 atom stereocenters. The number of pyridine rings is 1. The third-order valence-electron chi connectivity index (χ3n) is 6.73. The standard InChI is InChI=1S/C30H32ClFN4O3/c31-22-17-15-21(16-18-22)29(30(39)34-24-9-2-1-3-10-24)36(25-11-6-8-23(32)20-25)28(38)14-7-13-27(37)35-26-12-4-5-19-33-26/h4-6,8,11-12,15-20,24,29H,1-3,7,9-10,13-14H2,(H,34,39)(H,33,35,37). The highest BCUT2D eigenvalue weighted by Gasteiger charge is 2.34. The van der Waals surface area contributed by atoms with E-state index in [1.54, 1.807) is 54.7 Å². The van der Waals surface area contributed by atoms with Gasteiger partial charge in [0.1, 0.15) is 17.7 Å². The number of hydrogen-bond donors (Lipinski definition) is 2. The van der Waals surface area contributed by atoms with E-state index in [0.29, 0.717) is 16.4 Å². The Bertz CT molecular complexity index is 1270. The van der Waals surface area contributed by atoms with E-state index < -0.39 is 17.8 Å². The monoisotopic (exact) mass is 550 g/mol. The number of aromatic nitrogens is 1. The van der Waals surface area contributed by atoms with Gasteiger partial charge in [-0.2, -0.15) is 0 Å². The van der Waals surface area contributed by atoms with Crippen LogP contribution in [0.15, 0.2) is 72.9 Å². The third-order valence-corrected chi connectivity index (χ3v) is 6.98. The molecule has 7 nitrogen and oxygen atoms in total. The molecule has 2 aromatic carbocycles. The molecule has 0 radical (unpaired) electrons. The van der Waals surface area contributed by atoms with Crippen molar-refractivity contribution in [2.45, 2.75) is 63.5 Å². The van der Waals surface area contributed by atoms with Crippen LogP contribution in [0.5, 0.6) is 0 Å². The number of rotatable bonds is 10. The molecule has 1 saturated carbocycles. The number of nitrogens with zero attached hydrogens (tertiary/aromatic N) is 2. The number of nitrogens with one attached hydrogen (secondary N) is 2. The van der Waals surface area contributed by atoms with E-state index in [0.717, 1.165) is 32.1 Å². The molecule has 1 aliphatic rings. The largest absolute Gasteiger partial charge is 0.351 e. The van der Waals surface area contributed by atoms with Gasteiger partial charge in [-0.25, -0.2) is 9.37 Å². The first-order chi connectivity index (χ1) is 18.9. The number of amides is 3. The van der Waals surface area contributed by atoms with Crippen molar-refractivity contribution >= 4 is 40.8 Å². The fourth-order valence-electron chi connectivity index (χ4n) is 4.82. The number of anilines is 2. The van der Waals surface area contributed by atoms with E-state index >= 15 is 0 Å². The van der Waals surface area contributed by atoms with E-state index in [1.165, 1.54) is 23.1 Å². The van der Waals surface area contributed by atoms with Gasteiger partial charge < -0.3 is 10.6 Å². The van der Waals surface area contributed by atoms with E-state index in [-0.39, 0.29) is 42.8 Å². The first-order valence-electron chi connectivity index (χ1n) is 13.2. The van der Waals surface area contributed by atoms with Crippen molar-refractivity contribution in [3.05, 3.63) is 89.3 Å². The fourth-order valence-corrected chi connectivity index (χ4v) is 4.94. The first kappa shape index (κ1) is 28.2.